The summed E-state index contributed by atoms with van der Waals surface area (Å²) in [6.07, 6.45) is 1.98. The molecule has 0 bridgehead atoms. The zero-order valence-electron chi connectivity index (χ0n) is 13.8. The number of para-hydroxylation sites is 1. The molecule has 0 fully saturated rings. The Balaban J connectivity index is 3.11. The van der Waals surface area contributed by atoms with Gasteiger partial charge < -0.3 is 5.32 Å². The van der Waals surface area contributed by atoms with Crippen LogP contribution < -0.4 is 5.32 Å². The van der Waals surface area contributed by atoms with E-state index in [1.165, 1.54) is 11.1 Å². The Morgan fingerprint density at radius 1 is 1.05 bits per heavy atom. The van der Waals surface area contributed by atoms with Crippen molar-refractivity contribution in [3.8, 4) is 0 Å². The lowest BCUT2D eigenvalue weighted by atomic mass is 9.92. The van der Waals surface area contributed by atoms with Crippen molar-refractivity contribution in [1.82, 2.24) is 0 Å². The minimum atomic E-state index is 0.0697. The van der Waals surface area contributed by atoms with Crippen LogP contribution in [0.15, 0.2) is 18.2 Å². The van der Waals surface area contributed by atoms with Crippen LogP contribution in [-0.4, -0.2) is 5.91 Å². The highest BCUT2D eigenvalue weighted by atomic mass is 16.1. The number of hydrogen-bond acceptors (Lipinski definition) is 1. The topological polar surface area (TPSA) is 29.1 Å². The summed E-state index contributed by atoms with van der Waals surface area (Å²) >= 11 is 0. The van der Waals surface area contributed by atoms with E-state index in [1.807, 2.05) is 6.92 Å². The molecule has 20 heavy (non-hydrogen) atoms. The summed E-state index contributed by atoms with van der Waals surface area (Å²) in [5.41, 5.74) is 3.49. The fourth-order valence-corrected chi connectivity index (χ4v) is 2.51. The van der Waals surface area contributed by atoms with Gasteiger partial charge in [-0.15, -0.1) is 0 Å². The van der Waals surface area contributed by atoms with Gasteiger partial charge in [0.25, 0.3) is 0 Å². The highest BCUT2D eigenvalue weighted by Crippen LogP contribution is 2.32. The van der Waals surface area contributed by atoms with Gasteiger partial charge in [0, 0.05) is 11.6 Å². The molecule has 0 aliphatic rings. The molecular weight excluding hydrogens is 246 g/mol. The maximum Gasteiger partial charge on any atom is 0.227 e. The number of hydrogen-bond donors (Lipinski definition) is 1. The number of carbonyl (C=O) groups is 1. The van der Waals surface area contributed by atoms with Crippen LogP contribution in [0, 0.1) is 5.92 Å². The van der Waals surface area contributed by atoms with E-state index in [0.29, 0.717) is 11.8 Å². The second-order valence-electron chi connectivity index (χ2n) is 6.30. The van der Waals surface area contributed by atoms with Crippen LogP contribution in [0.25, 0.3) is 0 Å². The average molecular weight is 275 g/mol. The molecule has 0 aliphatic heterocycles. The zero-order chi connectivity index (χ0) is 15.3. The standard InChI is InChI=1S/C18H29NO/c1-7-9-14(6)18(20)19-17-15(12(2)3)10-8-11-16(17)13(4)5/h8,10-14H,7,9H2,1-6H3,(H,19,20). The Morgan fingerprint density at radius 3 is 1.95 bits per heavy atom. The Bertz CT molecular complexity index is 422. The summed E-state index contributed by atoms with van der Waals surface area (Å²) in [7, 11) is 0. The van der Waals surface area contributed by atoms with Crippen LogP contribution in [-0.2, 0) is 4.79 Å². The first-order chi connectivity index (χ1) is 9.38. The summed E-state index contributed by atoms with van der Waals surface area (Å²) in [6, 6.07) is 6.34. The van der Waals surface area contributed by atoms with Crippen LogP contribution in [0.1, 0.15) is 77.3 Å². The lowest BCUT2D eigenvalue weighted by molar-refractivity contribution is -0.119. The Kier molecular flexibility index (Phi) is 6.25. The molecule has 0 saturated heterocycles. The van der Waals surface area contributed by atoms with E-state index in [2.05, 4.69) is 58.1 Å². The lowest BCUT2D eigenvalue weighted by Crippen LogP contribution is -2.22. The van der Waals surface area contributed by atoms with E-state index in [-0.39, 0.29) is 11.8 Å². The molecule has 1 aromatic carbocycles. The number of benzene rings is 1. The monoisotopic (exact) mass is 275 g/mol. The third-order valence-corrected chi connectivity index (χ3v) is 3.79. The molecule has 0 radical (unpaired) electrons. The van der Waals surface area contributed by atoms with Gasteiger partial charge in [0.1, 0.15) is 0 Å². The number of carbonyl (C=O) groups excluding carboxylic acids is 1. The van der Waals surface area contributed by atoms with E-state index in [4.69, 9.17) is 0 Å². The maximum atomic E-state index is 12.3. The van der Waals surface area contributed by atoms with Gasteiger partial charge >= 0.3 is 0 Å². The second kappa shape index (κ2) is 7.47. The number of nitrogens with one attached hydrogen (secondary N) is 1. The Labute approximate surface area is 124 Å². The van der Waals surface area contributed by atoms with Crippen LogP contribution in [0.3, 0.4) is 0 Å². The van der Waals surface area contributed by atoms with Crippen molar-refractivity contribution in [3.63, 3.8) is 0 Å². The molecule has 2 heteroatoms. The van der Waals surface area contributed by atoms with Crippen molar-refractivity contribution in [3.05, 3.63) is 29.3 Å². The first-order valence-electron chi connectivity index (χ1n) is 7.82. The normalized spacial score (nSPS) is 12.8. The SMILES string of the molecule is CCCC(C)C(=O)Nc1c(C(C)C)cccc1C(C)C. The zero-order valence-corrected chi connectivity index (χ0v) is 13.8. The molecule has 0 aromatic heterocycles. The van der Waals surface area contributed by atoms with Crippen molar-refractivity contribution in [1.29, 1.82) is 0 Å². The summed E-state index contributed by atoms with van der Waals surface area (Å²) < 4.78 is 0. The van der Waals surface area contributed by atoms with Crippen LogP contribution in [0.2, 0.25) is 0 Å². The fraction of sp³-hybridized carbons (Fsp3) is 0.611. The maximum absolute atomic E-state index is 12.3. The first-order valence-corrected chi connectivity index (χ1v) is 7.82. The molecule has 112 valence electrons. The Morgan fingerprint density at radius 2 is 1.55 bits per heavy atom. The minimum absolute atomic E-state index is 0.0697. The summed E-state index contributed by atoms with van der Waals surface area (Å²) in [5, 5.41) is 3.19. The predicted octanol–water partition coefficient (Wildman–Crippen LogP) is 5.31. The summed E-state index contributed by atoms with van der Waals surface area (Å²) in [5.74, 6) is 1.03. The third-order valence-electron chi connectivity index (χ3n) is 3.79. The van der Waals surface area contributed by atoms with Crippen LogP contribution in [0.5, 0.6) is 0 Å². The molecule has 0 spiro atoms. The van der Waals surface area contributed by atoms with Crippen molar-refractivity contribution >= 4 is 11.6 Å². The molecule has 0 heterocycles. The van der Waals surface area contributed by atoms with Crippen molar-refractivity contribution < 1.29 is 4.79 Å². The van der Waals surface area contributed by atoms with Gasteiger partial charge in [-0.05, 0) is 29.4 Å². The van der Waals surface area contributed by atoms with Gasteiger partial charge in [0.15, 0.2) is 0 Å². The fourth-order valence-electron chi connectivity index (χ4n) is 2.51. The molecule has 1 atom stereocenters. The lowest BCUT2D eigenvalue weighted by Gasteiger charge is -2.21. The smallest absolute Gasteiger partial charge is 0.227 e. The molecule has 0 saturated carbocycles. The van der Waals surface area contributed by atoms with Gasteiger partial charge in [-0.2, -0.15) is 0 Å². The van der Waals surface area contributed by atoms with Gasteiger partial charge in [-0.1, -0.05) is 66.2 Å². The van der Waals surface area contributed by atoms with Crippen molar-refractivity contribution in [2.75, 3.05) is 5.32 Å². The molecule has 0 aliphatic carbocycles. The molecular formula is C18H29NO. The van der Waals surface area contributed by atoms with Crippen LogP contribution in [0.4, 0.5) is 5.69 Å². The van der Waals surface area contributed by atoms with Gasteiger partial charge in [-0.25, -0.2) is 0 Å². The van der Waals surface area contributed by atoms with Crippen molar-refractivity contribution in [2.24, 2.45) is 5.92 Å². The van der Waals surface area contributed by atoms with Gasteiger partial charge in [-0.3, -0.25) is 4.79 Å². The molecule has 1 amide bonds. The highest BCUT2D eigenvalue weighted by Gasteiger charge is 2.18. The van der Waals surface area contributed by atoms with E-state index < -0.39 is 0 Å². The minimum Gasteiger partial charge on any atom is -0.325 e. The number of anilines is 1. The molecule has 1 aromatic rings. The second-order valence-corrected chi connectivity index (χ2v) is 6.30. The third kappa shape index (κ3) is 4.09. The van der Waals surface area contributed by atoms with E-state index >= 15 is 0 Å². The number of amides is 1. The quantitative estimate of drug-likeness (QED) is 0.749. The Hall–Kier alpha value is -1.31. The van der Waals surface area contributed by atoms with Crippen LogP contribution >= 0.6 is 0 Å². The average Bonchev–Trinajstić information content (AvgIpc) is 2.38. The molecule has 2 nitrogen and oxygen atoms in total. The van der Waals surface area contributed by atoms with E-state index in [9.17, 15) is 4.79 Å². The molecule has 1 rings (SSSR count). The first kappa shape index (κ1) is 16.7. The largest absolute Gasteiger partial charge is 0.325 e. The van der Waals surface area contributed by atoms with Gasteiger partial charge in [0.2, 0.25) is 5.91 Å². The molecule has 1 unspecified atom stereocenters. The number of rotatable bonds is 6. The highest BCUT2D eigenvalue weighted by molar-refractivity contribution is 5.94. The van der Waals surface area contributed by atoms with E-state index in [0.717, 1.165) is 18.5 Å². The van der Waals surface area contributed by atoms with Gasteiger partial charge in [0.05, 0.1) is 0 Å². The predicted molar refractivity (Wildman–Crippen MR) is 87.3 cm³/mol. The summed E-state index contributed by atoms with van der Waals surface area (Å²) in [6.45, 7) is 12.8. The summed E-state index contributed by atoms with van der Waals surface area (Å²) in [4.78, 5) is 12.3. The molecule has 1 N–H and O–H groups in total. The van der Waals surface area contributed by atoms with E-state index in [1.54, 1.807) is 0 Å². The van der Waals surface area contributed by atoms with Crippen molar-refractivity contribution in [2.45, 2.75) is 66.2 Å².